The van der Waals surface area contributed by atoms with Gasteiger partial charge >= 0.3 is 6.09 Å². The van der Waals surface area contributed by atoms with Crippen LogP contribution in [-0.4, -0.2) is 42.3 Å². The van der Waals surface area contributed by atoms with E-state index in [2.05, 4.69) is 26.9 Å². The van der Waals surface area contributed by atoms with Crippen LogP contribution < -0.4 is 4.90 Å². The first kappa shape index (κ1) is 12.7. The second-order valence-corrected chi connectivity index (χ2v) is 4.98. The number of hydrogen-bond acceptors (Lipinski definition) is 3. The van der Waals surface area contributed by atoms with E-state index in [1.165, 1.54) is 4.90 Å². The van der Waals surface area contributed by atoms with Gasteiger partial charge in [0.1, 0.15) is 0 Å². The fourth-order valence-corrected chi connectivity index (χ4v) is 2.46. The second-order valence-electron chi connectivity index (χ2n) is 4.07. The molecule has 0 unspecified atom stereocenters. The molecule has 94 valence electrons. The molecule has 0 spiro atoms. The Morgan fingerprint density at radius 1 is 1.28 bits per heavy atom. The molecule has 1 N–H and O–H groups in total. The number of piperazine rings is 1. The van der Waals surface area contributed by atoms with Crippen LogP contribution in [0.4, 0.5) is 10.5 Å². The highest BCUT2D eigenvalue weighted by atomic mass is 79.9. The lowest BCUT2D eigenvalue weighted by molar-refractivity contribution is 0.142. The van der Waals surface area contributed by atoms with Crippen LogP contribution in [0.2, 0.25) is 0 Å². The van der Waals surface area contributed by atoms with Gasteiger partial charge in [-0.15, -0.1) is 0 Å². The minimum atomic E-state index is -0.874. The normalized spacial score (nSPS) is 15.3. The highest BCUT2D eigenvalue weighted by Gasteiger charge is 2.20. The molecule has 0 saturated carbocycles. The number of nitrogens with zero attached hydrogens (tertiary/aromatic N) is 3. The number of anilines is 1. The maximum atomic E-state index is 10.8. The summed E-state index contributed by atoms with van der Waals surface area (Å²) in [6, 6.07) is 7.64. The Labute approximate surface area is 113 Å². The summed E-state index contributed by atoms with van der Waals surface area (Å²) in [6.07, 6.45) is -0.874. The summed E-state index contributed by atoms with van der Waals surface area (Å²) in [5.41, 5.74) is 1.55. The number of nitriles is 1. The van der Waals surface area contributed by atoms with Crippen LogP contribution in [0.15, 0.2) is 22.7 Å². The average Bonchev–Trinajstić information content (AvgIpc) is 2.38. The van der Waals surface area contributed by atoms with Crippen LogP contribution in [-0.2, 0) is 0 Å². The van der Waals surface area contributed by atoms with Gasteiger partial charge < -0.3 is 14.9 Å². The van der Waals surface area contributed by atoms with Gasteiger partial charge in [0.05, 0.1) is 11.6 Å². The quantitative estimate of drug-likeness (QED) is 0.863. The van der Waals surface area contributed by atoms with E-state index in [0.717, 1.165) is 10.2 Å². The molecule has 1 heterocycles. The number of amides is 1. The van der Waals surface area contributed by atoms with Crippen LogP contribution >= 0.6 is 15.9 Å². The van der Waals surface area contributed by atoms with Gasteiger partial charge in [-0.3, -0.25) is 0 Å². The van der Waals surface area contributed by atoms with E-state index < -0.39 is 6.09 Å². The van der Waals surface area contributed by atoms with E-state index in [0.29, 0.717) is 31.7 Å². The summed E-state index contributed by atoms with van der Waals surface area (Å²) < 4.78 is 0.859. The first-order valence-corrected chi connectivity index (χ1v) is 6.33. The topological polar surface area (TPSA) is 67.6 Å². The monoisotopic (exact) mass is 309 g/mol. The molecule has 0 aliphatic carbocycles. The van der Waals surface area contributed by atoms with Crippen LogP contribution in [0.3, 0.4) is 0 Å². The zero-order chi connectivity index (χ0) is 13.1. The molecule has 5 nitrogen and oxygen atoms in total. The summed E-state index contributed by atoms with van der Waals surface area (Å²) in [4.78, 5) is 14.3. The van der Waals surface area contributed by atoms with Gasteiger partial charge in [-0.25, -0.2) is 4.79 Å². The molecule has 6 heteroatoms. The average molecular weight is 310 g/mol. The van der Waals surface area contributed by atoms with Crippen molar-refractivity contribution in [1.82, 2.24) is 4.90 Å². The smallest absolute Gasteiger partial charge is 0.407 e. The molecule has 1 fully saturated rings. The summed E-state index contributed by atoms with van der Waals surface area (Å²) in [5, 5.41) is 17.8. The van der Waals surface area contributed by atoms with Crippen molar-refractivity contribution in [3.8, 4) is 6.07 Å². The fraction of sp³-hybridized carbons (Fsp3) is 0.333. The number of benzene rings is 1. The van der Waals surface area contributed by atoms with E-state index >= 15 is 0 Å². The maximum Gasteiger partial charge on any atom is 0.407 e. The Morgan fingerprint density at radius 3 is 2.50 bits per heavy atom. The van der Waals surface area contributed by atoms with Crippen molar-refractivity contribution in [2.75, 3.05) is 31.1 Å². The molecular formula is C12H12BrN3O2. The molecule has 1 aliphatic heterocycles. The number of hydrogen-bond donors (Lipinski definition) is 1. The number of rotatable bonds is 1. The van der Waals surface area contributed by atoms with Crippen molar-refractivity contribution in [2.45, 2.75) is 0 Å². The Hall–Kier alpha value is -1.74. The van der Waals surface area contributed by atoms with Crippen LogP contribution in [0.25, 0.3) is 0 Å². The van der Waals surface area contributed by atoms with E-state index in [-0.39, 0.29) is 0 Å². The van der Waals surface area contributed by atoms with Gasteiger partial charge in [-0.2, -0.15) is 5.26 Å². The van der Waals surface area contributed by atoms with Crippen LogP contribution in [0, 0.1) is 11.3 Å². The van der Waals surface area contributed by atoms with Gasteiger partial charge in [0, 0.05) is 36.3 Å². The molecule has 0 atom stereocenters. The first-order valence-electron chi connectivity index (χ1n) is 5.53. The summed E-state index contributed by atoms with van der Waals surface area (Å²) in [7, 11) is 0. The van der Waals surface area contributed by atoms with Crippen LogP contribution in [0.5, 0.6) is 0 Å². The fourth-order valence-electron chi connectivity index (χ4n) is 1.98. The summed E-state index contributed by atoms with van der Waals surface area (Å²) in [5.74, 6) is 0. The lowest BCUT2D eigenvalue weighted by atomic mass is 10.2. The van der Waals surface area contributed by atoms with Gasteiger partial charge in [-0.1, -0.05) is 15.9 Å². The highest BCUT2D eigenvalue weighted by Crippen LogP contribution is 2.23. The van der Waals surface area contributed by atoms with Gasteiger partial charge in [0.25, 0.3) is 0 Å². The molecule has 2 rings (SSSR count). The van der Waals surface area contributed by atoms with E-state index in [4.69, 9.17) is 10.4 Å². The largest absolute Gasteiger partial charge is 0.465 e. The van der Waals surface area contributed by atoms with Crippen molar-refractivity contribution in [3.63, 3.8) is 0 Å². The standard InChI is InChI=1S/C12H12BrN3O2/c13-10-5-9(8-14)6-11(7-10)15-1-3-16(4-2-15)12(17)18/h5-7H,1-4H2,(H,17,18). The molecule has 1 amide bonds. The zero-order valence-electron chi connectivity index (χ0n) is 9.64. The number of halogens is 1. The predicted molar refractivity (Wildman–Crippen MR) is 70.7 cm³/mol. The Morgan fingerprint density at radius 2 is 1.94 bits per heavy atom. The van der Waals surface area contributed by atoms with E-state index in [1.807, 2.05) is 12.1 Å². The van der Waals surface area contributed by atoms with Crippen molar-refractivity contribution >= 4 is 27.7 Å². The number of carbonyl (C=O) groups is 1. The molecule has 0 bridgehead atoms. The molecule has 1 saturated heterocycles. The SMILES string of the molecule is N#Cc1cc(Br)cc(N2CCN(C(=O)O)CC2)c1. The molecule has 1 aromatic rings. The first-order chi connectivity index (χ1) is 8.60. The third-order valence-electron chi connectivity index (χ3n) is 2.93. The van der Waals surface area contributed by atoms with Crippen LogP contribution in [0.1, 0.15) is 5.56 Å². The molecular weight excluding hydrogens is 298 g/mol. The maximum absolute atomic E-state index is 10.8. The molecule has 0 aromatic heterocycles. The molecule has 18 heavy (non-hydrogen) atoms. The van der Waals surface area contributed by atoms with Crippen molar-refractivity contribution in [1.29, 1.82) is 5.26 Å². The third-order valence-corrected chi connectivity index (χ3v) is 3.38. The summed E-state index contributed by atoms with van der Waals surface area (Å²) >= 11 is 3.37. The lowest BCUT2D eigenvalue weighted by Gasteiger charge is -2.34. The highest BCUT2D eigenvalue weighted by molar-refractivity contribution is 9.10. The van der Waals surface area contributed by atoms with Gasteiger partial charge in [0.2, 0.25) is 0 Å². The van der Waals surface area contributed by atoms with Gasteiger partial charge in [-0.05, 0) is 18.2 Å². The Kier molecular flexibility index (Phi) is 3.72. The minimum Gasteiger partial charge on any atom is -0.465 e. The molecule has 1 aliphatic rings. The lowest BCUT2D eigenvalue weighted by Crippen LogP contribution is -2.48. The van der Waals surface area contributed by atoms with E-state index in [1.54, 1.807) is 6.07 Å². The Bertz CT molecular complexity index is 505. The second kappa shape index (κ2) is 5.27. The minimum absolute atomic E-state index is 0.490. The predicted octanol–water partition coefficient (Wildman–Crippen LogP) is 2.12. The summed E-state index contributed by atoms with van der Waals surface area (Å²) in [6.45, 7) is 2.27. The molecule has 0 radical (unpaired) electrons. The van der Waals surface area contributed by atoms with Crippen molar-refractivity contribution < 1.29 is 9.90 Å². The zero-order valence-corrected chi connectivity index (χ0v) is 11.2. The number of carboxylic acid groups (broad SMARTS) is 1. The molecule has 1 aromatic carbocycles. The van der Waals surface area contributed by atoms with Crippen molar-refractivity contribution in [3.05, 3.63) is 28.2 Å². The van der Waals surface area contributed by atoms with Gasteiger partial charge in [0.15, 0.2) is 0 Å². The van der Waals surface area contributed by atoms with Crippen molar-refractivity contribution in [2.24, 2.45) is 0 Å². The van der Waals surface area contributed by atoms with E-state index in [9.17, 15) is 4.79 Å². The Balaban J connectivity index is 2.12. The third kappa shape index (κ3) is 2.74.